The maximum Gasteiger partial charge on any atom is 0.338 e. The van der Waals surface area contributed by atoms with E-state index in [9.17, 15) is 4.79 Å². The van der Waals surface area contributed by atoms with Crippen LogP contribution in [-0.2, 0) is 4.74 Å². The van der Waals surface area contributed by atoms with Crippen LogP contribution in [0.1, 0.15) is 55.5 Å². The third kappa shape index (κ3) is 5.22. The molecule has 0 saturated heterocycles. The maximum absolute atomic E-state index is 12.8. The summed E-state index contributed by atoms with van der Waals surface area (Å²) in [6.45, 7) is 6.24. The fourth-order valence-electron chi connectivity index (χ4n) is 4.76. The first-order chi connectivity index (χ1) is 16.0. The van der Waals surface area contributed by atoms with E-state index in [1.54, 1.807) is 0 Å². The van der Waals surface area contributed by atoms with Crippen molar-refractivity contribution in [1.29, 1.82) is 0 Å². The number of carbonyl (C=O) groups is 1. The van der Waals surface area contributed by atoms with Crippen LogP contribution >= 0.6 is 0 Å². The fraction of sp³-hybridized carbons (Fsp3) is 0.345. The molecule has 4 heteroatoms. The highest BCUT2D eigenvalue weighted by atomic mass is 16.5. The van der Waals surface area contributed by atoms with Gasteiger partial charge in [-0.15, -0.1) is 0 Å². The number of benzene rings is 3. The zero-order valence-electron chi connectivity index (χ0n) is 20.1. The number of esters is 1. The molecule has 0 heterocycles. The molecule has 0 spiro atoms. The van der Waals surface area contributed by atoms with Gasteiger partial charge in [0.2, 0.25) is 0 Å². The van der Waals surface area contributed by atoms with E-state index in [0.717, 1.165) is 39.2 Å². The van der Waals surface area contributed by atoms with Crippen LogP contribution in [0.15, 0.2) is 60.7 Å². The molecule has 3 aromatic carbocycles. The van der Waals surface area contributed by atoms with Gasteiger partial charge in [-0.25, -0.2) is 4.79 Å². The third-order valence-electron chi connectivity index (χ3n) is 6.43. The van der Waals surface area contributed by atoms with Crippen molar-refractivity contribution in [3.05, 3.63) is 71.8 Å². The van der Waals surface area contributed by atoms with Gasteiger partial charge in [0, 0.05) is 23.5 Å². The fourth-order valence-corrected chi connectivity index (χ4v) is 4.76. The molecule has 0 unspecified atom stereocenters. The van der Waals surface area contributed by atoms with Gasteiger partial charge in [-0.1, -0.05) is 49.2 Å². The number of carbonyl (C=O) groups excluding carboxylic acids is 1. The van der Waals surface area contributed by atoms with Gasteiger partial charge < -0.3 is 15.4 Å². The van der Waals surface area contributed by atoms with Crippen LogP contribution in [0.25, 0.3) is 22.3 Å². The lowest BCUT2D eigenvalue weighted by Gasteiger charge is -2.17. The minimum absolute atomic E-state index is 0.310. The SMILES string of the molecule is COC(=O)c1c(-c2ccc(NC3CCCC3)cc2)ccc(-c2ccc(NC(C)C)cc2)c1C. The van der Waals surface area contributed by atoms with E-state index in [4.69, 9.17) is 4.74 Å². The first kappa shape index (κ1) is 22.9. The van der Waals surface area contributed by atoms with Gasteiger partial charge in [-0.2, -0.15) is 0 Å². The second-order valence-electron chi connectivity index (χ2n) is 9.23. The van der Waals surface area contributed by atoms with Crippen LogP contribution in [0.2, 0.25) is 0 Å². The molecule has 4 nitrogen and oxygen atoms in total. The van der Waals surface area contributed by atoms with Crippen molar-refractivity contribution >= 4 is 17.3 Å². The Morgan fingerprint density at radius 3 is 1.97 bits per heavy atom. The van der Waals surface area contributed by atoms with Crippen molar-refractivity contribution in [2.75, 3.05) is 17.7 Å². The molecule has 0 amide bonds. The second kappa shape index (κ2) is 10.1. The average Bonchev–Trinajstić information content (AvgIpc) is 3.32. The number of ether oxygens (including phenoxy) is 1. The molecule has 1 fully saturated rings. The predicted molar refractivity (Wildman–Crippen MR) is 138 cm³/mol. The second-order valence-corrected chi connectivity index (χ2v) is 9.23. The molecule has 33 heavy (non-hydrogen) atoms. The summed E-state index contributed by atoms with van der Waals surface area (Å²) in [5.74, 6) is -0.310. The summed E-state index contributed by atoms with van der Waals surface area (Å²) < 4.78 is 5.18. The van der Waals surface area contributed by atoms with Crippen molar-refractivity contribution in [3.8, 4) is 22.3 Å². The van der Waals surface area contributed by atoms with Crippen molar-refractivity contribution < 1.29 is 9.53 Å². The van der Waals surface area contributed by atoms with Crippen molar-refractivity contribution in [1.82, 2.24) is 0 Å². The first-order valence-corrected chi connectivity index (χ1v) is 11.9. The summed E-state index contributed by atoms with van der Waals surface area (Å²) in [6.07, 6.45) is 5.09. The summed E-state index contributed by atoms with van der Waals surface area (Å²) >= 11 is 0. The van der Waals surface area contributed by atoms with E-state index in [0.29, 0.717) is 17.6 Å². The number of hydrogen-bond acceptors (Lipinski definition) is 4. The van der Waals surface area contributed by atoms with Crippen LogP contribution in [-0.4, -0.2) is 25.2 Å². The number of methoxy groups -OCH3 is 1. The van der Waals surface area contributed by atoms with E-state index in [-0.39, 0.29) is 5.97 Å². The highest BCUT2D eigenvalue weighted by Gasteiger charge is 2.20. The minimum atomic E-state index is -0.310. The van der Waals surface area contributed by atoms with E-state index >= 15 is 0 Å². The van der Waals surface area contributed by atoms with E-state index in [2.05, 4.69) is 79.1 Å². The Hall–Kier alpha value is -3.27. The number of nitrogens with one attached hydrogen (secondary N) is 2. The summed E-state index contributed by atoms with van der Waals surface area (Å²) in [7, 11) is 1.44. The van der Waals surface area contributed by atoms with Crippen molar-refractivity contribution in [2.24, 2.45) is 0 Å². The Kier molecular flexibility index (Phi) is 7.02. The Balaban J connectivity index is 1.66. The maximum atomic E-state index is 12.8. The van der Waals surface area contributed by atoms with Crippen molar-refractivity contribution in [2.45, 2.75) is 58.5 Å². The van der Waals surface area contributed by atoms with E-state index < -0.39 is 0 Å². The van der Waals surface area contributed by atoms with Gasteiger partial charge in [-0.3, -0.25) is 0 Å². The van der Waals surface area contributed by atoms with Gasteiger partial charge in [-0.05, 0) is 85.7 Å². The van der Waals surface area contributed by atoms with Crippen molar-refractivity contribution in [3.63, 3.8) is 0 Å². The number of rotatable bonds is 7. The Morgan fingerprint density at radius 1 is 0.848 bits per heavy atom. The number of hydrogen-bond donors (Lipinski definition) is 2. The quantitative estimate of drug-likeness (QED) is 0.377. The molecule has 0 atom stereocenters. The normalized spacial score (nSPS) is 13.8. The first-order valence-electron chi connectivity index (χ1n) is 11.9. The topological polar surface area (TPSA) is 50.4 Å². The highest BCUT2D eigenvalue weighted by Crippen LogP contribution is 2.35. The zero-order valence-corrected chi connectivity index (χ0v) is 20.1. The Bertz CT molecular complexity index is 1100. The summed E-state index contributed by atoms with van der Waals surface area (Å²) in [6, 6.07) is 21.8. The monoisotopic (exact) mass is 442 g/mol. The Morgan fingerprint density at radius 2 is 1.39 bits per heavy atom. The molecule has 172 valence electrons. The van der Waals surface area contributed by atoms with Gasteiger partial charge >= 0.3 is 5.97 Å². The van der Waals surface area contributed by atoms with Gasteiger partial charge in [0.1, 0.15) is 0 Å². The summed E-state index contributed by atoms with van der Waals surface area (Å²) in [5.41, 5.74) is 7.79. The van der Waals surface area contributed by atoms with Crippen LogP contribution in [0.5, 0.6) is 0 Å². The van der Waals surface area contributed by atoms with Gasteiger partial charge in [0.05, 0.1) is 12.7 Å². The molecule has 2 N–H and O–H groups in total. The van der Waals surface area contributed by atoms with E-state index in [1.807, 2.05) is 13.0 Å². The molecule has 0 radical (unpaired) electrons. The van der Waals surface area contributed by atoms with Crippen LogP contribution < -0.4 is 10.6 Å². The molecular weight excluding hydrogens is 408 g/mol. The largest absolute Gasteiger partial charge is 0.465 e. The standard InChI is InChI=1S/C29H34N2O2/c1-19(2)30-24-13-9-21(10-14-24)26-17-18-27(28(20(26)3)29(32)33-4)22-11-15-25(16-12-22)31-23-7-5-6-8-23/h9-19,23,30-31H,5-8H2,1-4H3. The average molecular weight is 443 g/mol. The van der Waals surface area contributed by atoms with Gasteiger partial charge in [0.15, 0.2) is 0 Å². The van der Waals surface area contributed by atoms with Crippen LogP contribution in [0.3, 0.4) is 0 Å². The number of anilines is 2. The predicted octanol–water partition coefficient (Wildman–Crippen LogP) is 7.29. The molecule has 0 aromatic heterocycles. The van der Waals surface area contributed by atoms with E-state index in [1.165, 1.54) is 32.8 Å². The lowest BCUT2D eigenvalue weighted by atomic mass is 9.89. The lowest BCUT2D eigenvalue weighted by molar-refractivity contribution is 0.0601. The molecule has 1 aliphatic carbocycles. The summed E-state index contributed by atoms with van der Waals surface area (Å²) in [5, 5.41) is 7.04. The molecule has 3 aromatic rings. The minimum Gasteiger partial charge on any atom is -0.465 e. The molecular formula is C29H34N2O2. The van der Waals surface area contributed by atoms with Crippen LogP contribution in [0, 0.1) is 6.92 Å². The Labute approximate surface area is 197 Å². The molecule has 0 aliphatic heterocycles. The molecule has 0 bridgehead atoms. The summed E-state index contributed by atoms with van der Waals surface area (Å²) in [4.78, 5) is 12.8. The smallest absolute Gasteiger partial charge is 0.338 e. The van der Waals surface area contributed by atoms with Gasteiger partial charge in [0.25, 0.3) is 0 Å². The molecule has 1 aliphatic rings. The molecule has 4 rings (SSSR count). The van der Waals surface area contributed by atoms with Crippen LogP contribution in [0.4, 0.5) is 11.4 Å². The molecule has 1 saturated carbocycles. The highest BCUT2D eigenvalue weighted by molar-refractivity contribution is 6.01. The third-order valence-corrected chi connectivity index (χ3v) is 6.43. The zero-order chi connectivity index (χ0) is 23.4. The lowest BCUT2D eigenvalue weighted by Crippen LogP contribution is -2.14.